The third-order valence-electron chi connectivity index (χ3n) is 4.52. The van der Waals surface area contributed by atoms with E-state index < -0.39 is 0 Å². The van der Waals surface area contributed by atoms with Gasteiger partial charge in [-0.2, -0.15) is 0 Å². The summed E-state index contributed by atoms with van der Waals surface area (Å²) >= 11 is 0. The molecule has 1 aliphatic rings. The van der Waals surface area contributed by atoms with Crippen molar-refractivity contribution in [3.8, 4) is 11.3 Å². The van der Waals surface area contributed by atoms with Crippen molar-refractivity contribution in [1.29, 1.82) is 0 Å². The minimum absolute atomic E-state index is 0.259. The summed E-state index contributed by atoms with van der Waals surface area (Å²) in [5.41, 5.74) is 2.88. The van der Waals surface area contributed by atoms with Gasteiger partial charge in [0.1, 0.15) is 0 Å². The Labute approximate surface area is 152 Å². The summed E-state index contributed by atoms with van der Waals surface area (Å²) in [7, 11) is 0. The van der Waals surface area contributed by atoms with Crippen LogP contribution in [0.3, 0.4) is 0 Å². The molecule has 0 saturated carbocycles. The van der Waals surface area contributed by atoms with E-state index in [2.05, 4.69) is 19.9 Å². The quantitative estimate of drug-likeness (QED) is 0.707. The van der Waals surface area contributed by atoms with Crippen LogP contribution in [0, 0.1) is 0 Å². The van der Waals surface area contributed by atoms with Crippen molar-refractivity contribution in [2.75, 3.05) is 18.0 Å². The number of pyridine rings is 2. The van der Waals surface area contributed by atoms with Crippen molar-refractivity contribution in [2.24, 2.45) is 0 Å². The number of hydrogen-bond acceptors (Lipinski definition) is 6. The average Bonchev–Trinajstić information content (AvgIpc) is 2.74. The standard InChI is InChI=1S/C20H21N5O/c1-2-10-22-17(5-1)15-26-18-7-12-25(13-8-18)20-23-11-6-19(24-20)16-4-3-9-21-14-16/h1-6,9-11,14,18H,7-8,12-13,15H2. The molecule has 26 heavy (non-hydrogen) atoms. The van der Waals surface area contributed by atoms with E-state index in [1.807, 2.05) is 48.8 Å². The van der Waals surface area contributed by atoms with Crippen molar-refractivity contribution in [3.05, 3.63) is 66.9 Å². The van der Waals surface area contributed by atoms with E-state index in [1.54, 1.807) is 12.4 Å². The Kier molecular flexibility index (Phi) is 5.12. The maximum atomic E-state index is 6.01. The molecule has 4 rings (SSSR count). The highest BCUT2D eigenvalue weighted by Crippen LogP contribution is 2.22. The van der Waals surface area contributed by atoms with Gasteiger partial charge in [0.25, 0.3) is 0 Å². The van der Waals surface area contributed by atoms with Gasteiger partial charge in [-0.3, -0.25) is 9.97 Å². The highest BCUT2D eigenvalue weighted by molar-refractivity contribution is 5.58. The summed E-state index contributed by atoms with van der Waals surface area (Å²) in [5, 5.41) is 0. The molecule has 0 atom stereocenters. The molecule has 3 aromatic heterocycles. The Balaban J connectivity index is 1.35. The van der Waals surface area contributed by atoms with Gasteiger partial charge in [0.05, 0.1) is 24.1 Å². The molecule has 0 radical (unpaired) electrons. The summed E-state index contributed by atoms with van der Waals surface area (Å²) in [5.74, 6) is 0.773. The molecule has 3 aromatic rings. The molecule has 1 fully saturated rings. The zero-order chi connectivity index (χ0) is 17.6. The second-order valence-electron chi connectivity index (χ2n) is 6.30. The fourth-order valence-electron chi connectivity index (χ4n) is 3.09. The van der Waals surface area contributed by atoms with Crippen LogP contribution in [0.25, 0.3) is 11.3 Å². The van der Waals surface area contributed by atoms with Crippen LogP contribution in [0.2, 0.25) is 0 Å². The van der Waals surface area contributed by atoms with E-state index in [0.717, 1.165) is 48.8 Å². The van der Waals surface area contributed by atoms with Gasteiger partial charge in [0.2, 0.25) is 5.95 Å². The lowest BCUT2D eigenvalue weighted by Gasteiger charge is -2.32. The zero-order valence-corrected chi connectivity index (χ0v) is 14.5. The van der Waals surface area contributed by atoms with Gasteiger partial charge in [-0.1, -0.05) is 6.07 Å². The Morgan fingerprint density at radius 3 is 2.65 bits per heavy atom. The Morgan fingerprint density at radius 2 is 1.88 bits per heavy atom. The number of piperidine rings is 1. The maximum absolute atomic E-state index is 6.01. The summed E-state index contributed by atoms with van der Waals surface area (Å²) < 4.78 is 6.01. The second-order valence-corrected chi connectivity index (χ2v) is 6.30. The van der Waals surface area contributed by atoms with Crippen LogP contribution in [0.15, 0.2) is 61.2 Å². The molecular weight excluding hydrogens is 326 g/mol. The van der Waals surface area contributed by atoms with Gasteiger partial charge >= 0.3 is 0 Å². The average molecular weight is 347 g/mol. The number of aromatic nitrogens is 4. The van der Waals surface area contributed by atoms with E-state index in [4.69, 9.17) is 9.72 Å². The number of ether oxygens (including phenoxy) is 1. The molecule has 0 amide bonds. The highest BCUT2D eigenvalue weighted by Gasteiger charge is 2.21. The minimum atomic E-state index is 0.259. The molecule has 132 valence electrons. The summed E-state index contributed by atoms with van der Waals surface area (Å²) in [6, 6.07) is 11.7. The number of nitrogens with zero attached hydrogens (tertiary/aromatic N) is 5. The number of hydrogen-bond donors (Lipinski definition) is 0. The Bertz CT molecular complexity index is 820. The molecule has 6 heteroatoms. The second kappa shape index (κ2) is 8.01. The van der Waals surface area contributed by atoms with Crippen molar-refractivity contribution >= 4 is 5.95 Å². The minimum Gasteiger partial charge on any atom is -0.372 e. The SMILES string of the molecule is c1ccc(COC2CCN(c3nccc(-c4cccnc4)n3)CC2)nc1. The predicted octanol–water partition coefficient (Wildman–Crippen LogP) is 3.12. The Hall–Kier alpha value is -2.86. The summed E-state index contributed by atoms with van der Waals surface area (Å²) in [4.78, 5) is 19.8. The van der Waals surface area contributed by atoms with Crippen LogP contribution in [0.4, 0.5) is 5.95 Å². The summed E-state index contributed by atoms with van der Waals surface area (Å²) in [6.07, 6.45) is 9.39. The maximum Gasteiger partial charge on any atom is 0.225 e. The molecule has 0 unspecified atom stereocenters. The lowest BCUT2D eigenvalue weighted by atomic mass is 10.1. The Morgan fingerprint density at radius 1 is 0.962 bits per heavy atom. The molecule has 6 nitrogen and oxygen atoms in total. The fraction of sp³-hybridized carbons (Fsp3) is 0.300. The topological polar surface area (TPSA) is 64.0 Å². The van der Waals surface area contributed by atoms with Crippen molar-refractivity contribution in [1.82, 2.24) is 19.9 Å². The summed E-state index contributed by atoms with van der Waals surface area (Å²) in [6.45, 7) is 2.35. The first kappa shape index (κ1) is 16.6. The van der Waals surface area contributed by atoms with E-state index in [0.29, 0.717) is 6.61 Å². The lowest BCUT2D eigenvalue weighted by molar-refractivity contribution is 0.0233. The van der Waals surface area contributed by atoms with Crippen molar-refractivity contribution in [3.63, 3.8) is 0 Å². The normalized spacial score (nSPS) is 15.2. The van der Waals surface area contributed by atoms with Gasteiger partial charge in [-0.15, -0.1) is 0 Å². The van der Waals surface area contributed by atoms with Gasteiger partial charge in [-0.05, 0) is 43.2 Å². The first-order chi connectivity index (χ1) is 12.9. The number of rotatable bonds is 5. The molecule has 1 saturated heterocycles. The monoisotopic (exact) mass is 347 g/mol. The van der Waals surface area contributed by atoms with Crippen LogP contribution in [0.1, 0.15) is 18.5 Å². The van der Waals surface area contributed by atoms with Crippen LogP contribution in [0.5, 0.6) is 0 Å². The largest absolute Gasteiger partial charge is 0.372 e. The third-order valence-corrected chi connectivity index (χ3v) is 4.52. The van der Waals surface area contributed by atoms with Gasteiger partial charge < -0.3 is 9.64 Å². The number of anilines is 1. The molecule has 4 heterocycles. The first-order valence-corrected chi connectivity index (χ1v) is 8.88. The van der Waals surface area contributed by atoms with E-state index >= 15 is 0 Å². The zero-order valence-electron chi connectivity index (χ0n) is 14.5. The molecule has 1 aliphatic heterocycles. The third kappa shape index (κ3) is 4.03. The molecular formula is C20H21N5O. The van der Waals surface area contributed by atoms with Crippen molar-refractivity contribution in [2.45, 2.75) is 25.6 Å². The van der Waals surface area contributed by atoms with Gasteiger partial charge in [0.15, 0.2) is 0 Å². The predicted molar refractivity (Wildman–Crippen MR) is 99.5 cm³/mol. The van der Waals surface area contributed by atoms with Crippen LogP contribution in [-0.2, 0) is 11.3 Å². The molecule has 0 spiro atoms. The van der Waals surface area contributed by atoms with E-state index in [-0.39, 0.29) is 6.10 Å². The van der Waals surface area contributed by atoms with Crippen molar-refractivity contribution < 1.29 is 4.74 Å². The van der Waals surface area contributed by atoms with E-state index in [1.165, 1.54) is 0 Å². The van der Waals surface area contributed by atoms with E-state index in [9.17, 15) is 0 Å². The van der Waals surface area contributed by atoms with Crippen LogP contribution in [-0.4, -0.2) is 39.1 Å². The first-order valence-electron chi connectivity index (χ1n) is 8.88. The fourth-order valence-corrected chi connectivity index (χ4v) is 3.09. The van der Waals surface area contributed by atoms with Gasteiger partial charge in [-0.25, -0.2) is 9.97 Å². The molecule has 0 bridgehead atoms. The van der Waals surface area contributed by atoms with Gasteiger partial charge in [0, 0.05) is 43.4 Å². The van der Waals surface area contributed by atoms with Crippen LogP contribution >= 0.6 is 0 Å². The highest BCUT2D eigenvalue weighted by atomic mass is 16.5. The molecule has 0 aliphatic carbocycles. The molecule has 0 aromatic carbocycles. The smallest absolute Gasteiger partial charge is 0.225 e. The van der Waals surface area contributed by atoms with Crippen LogP contribution < -0.4 is 4.90 Å². The lowest BCUT2D eigenvalue weighted by Crippen LogP contribution is -2.38. The molecule has 0 N–H and O–H groups in total.